The maximum absolute atomic E-state index is 12.3. The van der Waals surface area contributed by atoms with Crippen molar-refractivity contribution in [3.8, 4) is 0 Å². The summed E-state index contributed by atoms with van der Waals surface area (Å²) in [5, 5.41) is 21.4. The van der Waals surface area contributed by atoms with E-state index >= 15 is 0 Å². The Balaban J connectivity index is 2.09. The van der Waals surface area contributed by atoms with Crippen LogP contribution in [0.4, 0.5) is 0 Å². The molecule has 22 heavy (non-hydrogen) atoms. The number of carbonyl (C=O) groups is 1. The summed E-state index contributed by atoms with van der Waals surface area (Å²) in [6.45, 7) is 8.01. The Hall–Kier alpha value is -1.66. The van der Waals surface area contributed by atoms with E-state index in [1.165, 1.54) is 11.3 Å². The Morgan fingerprint density at radius 1 is 1.41 bits per heavy atom. The summed E-state index contributed by atoms with van der Waals surface area (Å²) in [5.74, 6) is -0.235. The molecule has 0 saturated carbocycles. The number of thiophene rings is 1. The minimum atomic E-state index is -1.08. The quantitative estimate of drug-likeness (QED) is 0.909. The van der Waals surface area contributed by atoms with E-state index in [4.69, 9.17) is 0 Å². The summed E-state index contributed by atoms with van der Waals surface area (Å²) in [7, 11) is 1.75. The lowest BCUT2D eigenvalue weighted by Gasteiger charge is -2.22. The fourth-order valence-electron chi connectivity index (χ4n) is 2.06. The number of amides is 1. The van der Waals surface area contributed by atoms with Gasteiger partial charge in [0.15, 0.2) is 0 Å². The number of carbonyl (C=O) groups excluding carboxylic acids is 1. The Kier molecular flexibility index (Phi) is 4.44. The van der Waals surface area contributed by atoms with Gasteiger partial charge in [-0.15, -0.1) is 0 Å². The Morgan fingerprint density at radius 3 is 2.59 bits per heavy atom. The summed E-state index contributed by atoms with van der Waals surface area (Å²) in [4.78, 5) is 12.3. The molecule has 1 atom stereocenters. The third kappa shape index (κ3) is 3.56. The molecule has 0 radical (unpaired) electrons. The average molecular weight is 321 g/mol. The fourth-order valence-corrected chi connectivity index (χ4v) is 2.85. The van der Waals surface area contributed by atoms with E-state index < -0.39 is 5.60 Å². The molecular formula is C16H23N3O2S. The zero-order valence-corrected chi connectivity index (χ0v) is 14.5. The minimum absolute atomic E-state index is 0.113. The first-order chi connectivity index (χ1) is 10.1. The zero-order valence-electron chi connectivity index (χ0n) is 13.7. The van der Waals surface area contributed by atoms with Crippen LogP contribution in [0, 0.1) is 0 Å². The minimum Gasteiger partial charge on any atom is -0.384 e. The maximum atomic E-state index is 12.3. The molecule has 0 aliphatic carbocycles. The van der Waals surface area contributed by atoms with Crippen molar-refractivity contribution >= 4 is 17.2 Å². The standard InChI is InChI=1S/C16H23N3O2S/c1-15(2,3)13-8-12(19(5)18-13)14(20)17-10-16(4,21)11-6-7-22-9-11/h6-9,21H,10H2,1-5H3,(H,17,20). The van der Waals surface area contributed by atoms with Crippen molar-refractivity contribution in [2.45, 2.75) is 38.7 Å². The van der Waals surface area contributed by atoms with Crippen LogP contribution >= 0.6 is 11.3 Å². The van der Waals surface area contributed by atoms with Gasteiger partial charge in [-0.25, -0.2) is 0 Å². The molecule has 0 saturated heterocycles. The highest BCUT2D eigenvalue weighted by atomic mass is 32.1. The van der Waals surface area contributed by atoms with Crippen LogP contribution in [0.1, 0.15) is 49.4 Å². The predicted octanol–water partition coefficient (Wildman–Crippen LogP) is 2.42. The molecule has 6 heteroatoms. The van der Waals surface area contributed by atoms with Crippen molar-refractivity contribution in [1.29, 1.82) is 0 Å². The normalized spacial score (nSPS) is 14.6. The maximum Gasteiger partial charge on any atom is 0.269 e. The third-order valence-corrected chi connectivity index (χ3v) is 4.30. The number of aryl methyl sites for hydroxylation is 1. The van der Waals surface area contributed by atoms with E-state index in [9.17, 15) is 9.90 Å². The van der Waals surface area contributed by atoms with Crippen LogP contribution < -0.4 is 5.32 Å². The van der Waals surface area contributed by atoms with Crippen LogP contribution in [-0.4, -0.2) is 27.3 Å². The lowest BCUT2D eigenvalue weighted by molar-refractivity contribution is 0.0527. The van der Waals surface area contributed by atoms with Gasteiger partial charge in [0, 0.05) is 12.5 Å². The van der Waals surface area contributed by atoms with Gasteiger partial charge < -0.3 is 10.4 Å². The van der Waals surface area contributed by atoms with Crippen LogP contribution in [-0.2, 0) is 18.1 Å². The molecule has 5 nitrogen and oxygen atoms in total. The predicted molar refractivity (Wildman–Crippen MR) is 88.1 cm³/mol. The smallest absolute Gasteiger partial charge is 0.269 e. The van der Waals surface area contributed by atoms with Gasteiger partial charge in [0.25, 0.3) is 5.91 Å². The van der Waals surface area contributed by atoms with Crippen LogP contribution in [0.3, 0.4) is 0 Å². The first-order valence-electron chi connectivity index (χ1n) is 7.19. The lowest BCUT2D eigenvalue weighted by atomic mass is 9.92. The van der Waals surface area contributed by atoms with Crippen LogP contribution in [0.15, 0.2) is 22.9 Å². The van der Waals surface area contributed by atoms with Gasteiger partial charge in [0.1, 0.15) is 11.3 Å². The first-order valence-corrected chi connectivity index (χ1v) is 8.13. The summed E-state index contributed by atoms with van der Waals surface area (Å²) in [6, 6.07) is 3.66. The molecule has 2 heterocycles. The lowest BCUT2D eigenvalue weighted by Crippen LogP contribution is -2.38. The molecule has 0 aromatic carbocycles. The van der Waals surface area contributed by atoms with Gasteiger partial charge in [-0.05, 0) is 35.4 Å². The summed E-state index contributed by atoms with van der Waals surface area (Å²) < 4.78 is 1.58. The summed E-state index contributed by atoms with van der Waals surface area (Å²) in [6.07, 6.45) is 0. The van der Waals surface area contributed by atoms with Gasteiger partial charge >= 0.3 is 0 Å². The molecule has 1 unspecified atom stereocenters. The van der Waals surface area contributed by atoms with Crippen molar-refractivity contribution in [1.82, 2.24) is 15.1 Å². The summed E-state index contributed by atoms with van der Waals surface area (Å²) in [5.41, 5.74) is 0.966. The molecule has 120 valence electrons. The monoisotopic (exact) mass is 321 g/mol. The van der Waals surface area contributed by atoms with E-state index in [2.05, 4.69) is 31.2 Å². The number of hydrogen-bond acceptors (Lipinski definition) is 4. The second-order valence-electron chi connectivity index (χ2n) is 6.76. The first kappa shape index (κ1) is 16.7. The van der Waals surface area contributed by atoms with E-state index in [1.807, 2.05) is 16.8 Å². The highest BCUT2D eigenvalue weighted by molar-refractivity contribution is 7.08. The molecule has 2 rings (SSSR count). The topological polar surface area (TPSA) is 67.2 Å². The Bertz CT molecular complexity index is 651. The molecule has 0 aliphatic heterocycles. The van der Waals surface area contributed by atoms with E-state index in [-0.39, 0.29) is 17.9 Å². The second-order valence-corrected chi connectivity index (χ2v) is 7.54. The molecule has 2 aromatic heterocycles. The van der Waals surface area contributed by atoms with Crippen molar-refractivity contribution in [3.05, 3.63) is 39.8 Å². The number of nitrogens with one attached hydrogen (secondary N) is 1. The SMILES string of the molecule is Cn1nc(C(C)(C)C)cc1C(=O)NCC(C)(O)c1ccsc1. The van der Waals surface area contributed by atoms with E-state index in [0.29, 0.717) is 5.69 Å². The fraction of sp³-hybridized carbons (Fsp3) is 0.500. The van der Waals surface area contributed by atoms with Crippen LogP contribution in [0.5, 0.6) is 0 Å². The van der Waals surface area contributed by atoms with Crippen LogP contribution in [0.25, 0.3) is 0 Å². The van der Waals surface area contributed by atoms with Gasteiger partial charge in [0.05, 0.1) is 12.2 Å². The molecule has 2 aromatic rings. The number of rotatable bonds is 4. The third-order valence-electron chi connectivity index (χ3n) is 3.62. The van der Waals surface area contributed by atoms with Gasteiger partial charge in [0.2, 0.25) is 0 Å². The van der Waals surface area contributed by atoms with Crippen LogP contribution in [0.2, 0.25) is 0 Å². The molecule has 0 aliphatic rings. The number of hydrogen-bond donors (Lipinski definition) is 2. The Morgan fingerprint density at radius 2 is 2.09 bits per heavy atom. The average Bonchev–Trinajstić information content (AvgIpc) is 3.04. The molecule has 0 bridgehead atoms. The zero-order chi connectivity index (χ0) is 16.5. The van der Waals surface area contributed by atoms with Crippen molar-refractivity contribution in [2.75, 3.05) is 6.54 Å². The van der Waals surface area contributed by atoms with E-state index in [1.54, 1.807) is 24.7 Å². The molecular weight excluding hydrogens is 298 g/mol. The highest BCUT2D eigenvalue weighted by Gasteiger charge is 2.26. The largest absolute Gasteiger partial charge is 0.384 e. The molecule has 0 spiro atoms. The Labute approximate surface area is 135 Å². The van der Waals surface area contributed by atoms with Gasteiger partial charge in [-0.2, -0.15) is 16.4 Å². The van der Waals surface area contributed by atoms with E-state index in [0.717, 1.165) is 11.3 Å². The molecule has 0 fully saturated rings. The number of aliphatic hydroxyl groups is 1. The van der Waals surface area contributed by atoms with Gasteiger partial charge in [-0.1, -0.05) is 20.8 Å². The van der Waals surface area contributed by atoms with Crippen molar-refractivity contribution < 1.29 is 9.90 Å². The number of aromatic nitrogens is 2. The number of nitrogens with zero attached hydrogens (tertiary/aromatic N) is 2. The van der Waals surface area contributed by atoms with Crippen molar-refractivity contribution in [2.24, 2.45) is 7.05 Å². The molecule has 2 N–H and O–H groups in total. The van der Waals surface area contributed by atoms with Crippen molar-refractivity contribution in [3.63, 3.8) is 0 Å². The highest BCUT2D eigenvalue weighted by Crippen LogP contribution is 2.23. The summed E-state index contributed by atoms with van der Waals surface area (Å²) >= 11 is 1.52. The second kappa shape index (κ2) is 5.85. The van der Waals surface area contributed by atoms with Gasteiger partial charge in [-0.3, -0.25) is 9.48 Å². The molecule has 1 amide bonds.